The van der Waals surface area contributed by atoms with Crippen molar-refractivity contribution in [3.63, 3.8) is 0 Å². The number of nitrogens with two attached hydrogens (primary N) is 2. The van der Waals surface area contributed by atoms with Crippen molar-refractivity contribution < 1.29 is 23.5 Å². The third-order valence-electron chi connectivity index (χ3n) is 5.80. The van der Waals surface area contributed by atoms with Crippen LogP contribution in [0.3, 0.4) is 0 Å². The summed E-state index contributed by atoms with van der Waals surface area (Å²) in [7, 11) is 0. The van der Waals surface area contributed by atoms with Crippen molar-refractivity contribution in [2.75, 3.05) is 17.2 Å². The second-order valence-electron chi connectivity index (χ2n) is 8.37. The number of ether oxygens (including phenoxy) is 1. The Morgan fingerprint density at radius 3 is 2.33 bits per heavy atom. The zero-order chi connectivity index (χ0) is 27.9. The lowest BCUT2D eigenvalue weighted by Crippen LogP contribution is -2.44. The molecule has 4 rings (SSSR count). The van der Waals surface area contributed by atoms with Crippen LogP contribution in [0, 0.1) is 5.82 Å². The SMILES string of the molecule is CCOc1ccccc1N(C(=O)c1snc(C(N)=O)c1N)C(C(=O)NCc1ccccc1)c1ccc(F)cc1. The minimum Gasteiger partial charge on any atom is -0.492 e. The Morgan fingerprint density at radius 2 is 1.69 bits per heavy atom. The van der Waals surface area contributed by atoms with Crippen LogP contribution in [-0.4, -0.2) is 28.7 Å². The third-order valence-corrected chi connectivity index (χ3v) is 6.65. The number of nitrogens with zero attached hydrogens (tertiary/aromatic N) is 2. The van der Waals surface area contributed by atoms with E-state index in [1.807, 2.05) is 30.3 Å². The highest BCUT2D eigenvalue weighted by molar-refractivity contribution is 7.09. The standard InChI is InChI=1S/C28H26FN5O4S/c1-2-38-21-11-7-6-10-20(21)34(28(37)25-22(30)23(26(31)35)33-39-25)24(18-12-14-19(29)15-13-18)27(36)32-16-17-8-4-3-5-9-17/h3-15,24H,2,16,30H2,1H3,(H2,31,35)(H,32,36). The Hall–Kier alpha value is -4.77. The molecule has 0 saturated heterocycles. The van der Waals surface area contributed by atoms with Gasteiger partial charge in [0.15, 0.2) is 5.69 Å². The number of rotatable bonds is 10. The maximum Gasteiger partial charge on any atom is 0.273 e. The smallest absolute Gasteiger partial charge is 0.273 e. The number of hydrogen-bond acceptors (Lipinski definition) is 7. The highest BCUT2D eigenvalue weighted by Crippen LogP contribution is 2.38. The summed E-state index contributed by atoms with van der Waals surface area (Å²) in [6.07, 6.45) is 0. The van der Waals surface area contributed by atoms with E-state index in [1.165, 1.54) is 29.2 Å². The zero-order valence-corrected chi connectivity index (χ0v) is 21.8. The number of benzene rings is 3. The van der Waals surface area contributed by atoms with Gasteiger partial charge >= 0.3 is 0 Å². The number of amides is 3. The molecule has 5 N–H and O–H groups in total. The van der Waals surface area contributed by atoms with Crippen molar-refractivity contribution in [3.8, 4) is 5.75 Å². The van der Waals surface area contributed by atoms with E-state index in [1.54, 1.807) is 31.2 Å². The summed E-state index contributed by atoms with van der Waals surface area (Å²) in [5, 5.41) is 2.87. The van der Waals surface area contributed by atoms with Crippen molar-refractivity contribution in [2.24, 2.45) is 5.73 Å². The molecule has 0 aliphatic carbocycles. The fourth-order valence-corrected chi connectivity index (χ4v) is 4.72. The third kappa shape index (κ3) is 6.04. The van der Waals surface area contributed by atoms with Gasteiger partial charge in [-0.15, -0.1) is 0 Å². The van der Waals surface area contributed by atoms with Gasteiger partial charge in [-0.3, -0.25) is 19.3 Å². The highest BCUT2D eigenvalue weighted by atomic mass is 32.1. The van der Waals surface area contributed by atoms with Crippen LogP contribution in [0.1, 0.15) is 44.3 Å². The summed E-state index contributed by atoms with van der Waals surface area (Å²) in [6, 6.07) is 19.9. The molecular formula is C28H26FN5O4S. The van der Waals surface area contributed by atoms with E-state index < -0.39 is 29.6 Å². The van der Waals surface area contributed by atoms with Gasteiger partial charge in [0.05, 0.1) is 18.0 Å². The predicted octanol–water partition coefficient (Wildman–Crippen LogP) is 4.07. The number of anilines is 2. The first-order valence-corrected chi connectivity index (χ1v) is 12.8. The number of para-hydroxylation sites is 2. The summed E-state index contributed by atoms with van der Waals surface area (Å²) >= 11 is 0.692. The maximum absolute atomic E-state index is 14.2. The number of carbonyl (C=O) groups is 3. The van der Waals surface area contributed by atoms with E-state index in [-0.39, 0.29) is 35.1 Å². The average Bonchev–Trinajstić information content (AvgIpc) is 3.33. The van der Waals surface area contributed by atoms with Gasteiger partial charge in [-0.25, -0.2) is 4.39 Å². The number of carbonyl (C=O) groups excluding carboxylic acids is 3. The molecule has 1 unspecified atom stereocenters. The molecule has 4 aromatic rings. The topological polar surface area (TPSA) is 141 Å². The molecule has 0 saturated carbocycles. The van der Waals surface area contributed by atoms with Gasteiger partial charge in [0.25, 0.3) is 11.8 Å². The lowest BCUT2D eigenvalue weighted by atomic mass is 10.0. The number of nitrogen functional groups attached to an aromatic ring is 1. The summed E-state index contributed by atoms with van der Waals surface area (Å²) in [6.45, 7) is 2.25. The van der Waals surface area contributed by atoms with Crippen LogP contribution in [0.25, 0.3) is 0 Å². The molecule has 0 bridgehead atoms. The fourth-order valence-electron chi connectivity index (χ4n) is 3.98. The quantitative estimate of drug-likeness (QED) is 0.273. The van der Waals surface area contributed by atoms with Crippen LogP contribution in [0.15, 0.2) is 78.9 Å². The fraction of sp³-hybridized carbons (Fsp3) is 0.143. The molecule has 200 valence electrons. The zero-order valence-electron chi connectivity index (χ0n) is 21.0. The molecule has 3 aromatic carbocycles. The molecule has 11 heteroatoms. The van der Waals surface area contributed by atoms with Gasteiger partial charge in [0, 0.05) is 6.54 Å². The summed E-state index contributed by atoms with van der Waals surface area (Å²) in [4.78, 5) is 41.0. The first-order valence-electron chi connectivity index (χ1n) is 12.0. The Kier molecular flexibility index (Phi) is 8.52. The molecule has 1 aromatic heterocycles. The van der Waals surface area contributed by atoms with E-state index in [0.29, 0.717) is 22.8 Å². The first kappa shape index (κ1) is 27.3. The summed E-state index contributed by atoms with van der Waals surface area (Å²) in [5.41, 5.74) is 12.5. The van der Waals surface area contributed by atoms with Crippen LogP contribution in [0.4, 0.5) is 15.8 Å². The molecule has 1 atom stereocenters. The molecule has 1 heterocycles. The lowest BCUT2D eigenvalue weighted by molar-refractivity contribution is -0.122. The van der Waals surface area contributed by atoms with Crippen LogP contribution < -0.4 is 26.4 Å². The molecule has 0 aliphatic rings. The summed E-state index contributed by atoms with van der Waals surface area (Å²) < 4.78 is 23.6. The number of nitrogens with one attached hydrogen (secondary N) is 1. The second kappa shape index (κ2) is 12.2. The Morgan fingerprint density at radius 1 is 1.03 bits per heavy atom. The van der Waals surface area contributed by atoms with E-state index in [0.717, 1.165) is 5.56 Å². The molecule has 39 heavy (non-hydrogen) atoms. The molecule has 0 spiro atoms. The van der Waals surface area contributed by atoms with Gasteiger partial charge in [-0.05, 0) is 53.8 Å². The lowest BCUT2D eigenvalue weighted by Gasteiger charge is -2.32. The van der Waals surface area contributed by atoms with Crippen molar-refractivity contribution in [1.82, 2.24) is 9.69 Å². The van der Waals surface area contributed by atoms with Gasteiger partial charge in [0.2, 0.25) is 5.91 Å². The monoisotopic (exact) mass is 547 g/mol. The van der Waals surface area contributed by atoms with Crippen LogP contribution in [0.5, 0.6) is 5.75 Å². The first-order chi connectivity index (χ1) is 18.8. The Labute approximate surface area is 228 Å². The largest absolute Gasteiger partial charge is 0.492 e. The van der Waals surface area contributed by atoms with E-state index in [9.17, 15) is 18.8 Å². The normalized spacial score (nSPS) is 11.4. The number of hydrogen-bond donors (Lipinski definition) is 3. The number of aromatic nitrogens is 1. The van der Waals surface area contributed by atoms with Crippen molar-refractivity contribution in [1.29, 1.82) is 0 Å². The highest BCUT2D eigenvalue weighted by Gasteiger charge is 2.37. The molecule has 0 radical (unpaired) electrons. The van der Waals surface area contributed by atoms with Gasteiger partial charge < -0.3 is 21.5 Å². The number of halogens is 1. The van der Waals surface area contributed by atoms with Gasteiger partial charge in [0.1, 0.15) is 22.5 Å². The van der Waals surface area contributed by atoms with Gasteiger partial charge in [-0.2, -0.15) is 4.37 Å². The van der Waals surface area contributed by atoms with E-state index in [4.69, 9.17) is 16.2 Å². The maximum atomic E-state index is 14.2. The van der Waals surface area contributed by atoms with Crippen LogP contribution >= 0.6 is 11.5 Å². The molecule has 0 fully saturated rings. The van der Waals surface area contributed by atoms with Gasteiger partial charge in [-0.1, -0.05) is 54.6 Å². The van der Waals surface area contributed by atoms with Crippen LogP contribution in [-0.2, 0) is 11.3 Å². The second-order valence-corrected chi connectivity index (χ2v) is 9.15. The summed E-state index contributed by atoms with van der Waals surface area (Å²) in [5.74, 6) is -2.32. The number of primary amides is 1. The van der Waals surface area contributed by atoms with Crippen molar-refractivity contribution in [2.45, 2.75) is 19.5 Å². The minimum atomic E-state index is -1.28. The molecular weight excluding hydrogens is 521 g/mol. The minimum absolute atomic E-state index is 0.0851. The van der Waals surface area contributed by atoms with Crippen molar-refractivity contribution in [3.05, 3.63) is 106 Å². The van der Waals surface area contributed by atoms with E-state index >= 15 is 0 Å². The Bertz CT molecular complexity index is 1480. The Balaban J connectivity index is 1.87. The van der Waals surface area contributed by atoms with Crippen LogP contribution in [0.2, 0.25) is 0 Å². The van der Waals surface area contributed by atoms with Crippen molar-refractivity contribution >= 4 is 40.6 Å². The molecule has 3 amide bonds. The predicted molar refractivity (Wildman–Crippen MR) is 147 cm³/mol. The molecule has 9 nitrogen and oxygen atoms in total. The van der Waals surface area contributed by atoms with E-state index in [2.05, 4.69) is 9.69 Å². The molecule has 0 aliphatic heterocycles. The average molecular weight is 548 g/mol.